The minimum atomic E-state index is 0. The van der Waals surface area contributed by atoms with E-state index in [1.54, 1.807) is 0 Å². The second-order valence-electron chi connectivity index (χ2n) is 6.01. The maximum absolute atomic E-state index is 12.5. The van der Waals surface area contributed by atoms with Crippen molar-refractivity contribution in [3.05, 3.63) is 54.0 Å². The van der Waals surface area contributed by atoms with Crippen molar-refractivity contribution in [1.29, 1.82) is 0 Å². The summed E-state index contributed by atoms with van der Waals surface area (Å²) in [7, 11) is 0. The number of pyridine rings is 1. The first kappa shape index (κ1) is 17.4. The predicted octanol–water partition coefficient (Wildman–Crippen LogP) is 2.17. The minimum absolute atomic E-state index is 0. The van der Waals surface area contributed by atoms with Crippen molar-refractivity contribution in [3.8, 4) is 11.1 Å². The molecule has 0 radical (unpaired) electrons. The van der Waals surface area contributed by atoms with Crippen LogP contribution in [0.15, 0.2) is 42.6 Å². The second kappa shape index (κ2) is 7.21. The van der Waals surface area contributed by atoms with Crippen molar-refractivity contribution >= 4 is 24.0 Å². The first-order chi connectivity index (χ1) is 11.7. The molecule has 0 atom stereocenters. The van der Waals surface area contributed by atoms with Crippen molar-refractivity contribution < 1.29 is 4.79 Å². The summed E-state index contributed by atoms with van der Waals surface area (Å²) >= 11 is 0. The van der Waals surface area contributed by atoms with Gasteiger partial charge in [0.1, 0.15) is 5.82 Å². The third-order valence-electron chi connectivity index (χ3n) is 4.44. The fraction of sp³-hybridized carbons (Fsp3) is 0.278. The van der Waals surface area contributed by atoms with E-state index in [-0.39, 0.29) is 18.3 Å². The van der Waals surface area contributed by atoms with Gasteiger partial charge in [-0.05, 0) is 42.3 Å². The highest BCUT2D eigenvalue weighted by Gasteiger charge is 2.17. The summed E-state index contributed by atoms with van der Waals surface area (Å²) in [6.07, 6.45) is 2.03. The van der Waals surface area contributed by atoms with Crippen LogP contribution in [0.25, 0.3) is 16.8 Å². The van der Waals surface area contributed by atoms with E-state index < -0.39 is 0 Å². The van der Waals surface area contributed by atoms with Gasteiger partial charge in [0, 0.05) is 37.9 Å². The molecular weight excluding hydrogens is 338 g/mol. The Morgan fingerprint density at radius 2 is 1.68 bits per heavy atom. The molecule has 2 aromatic heterocycles. The SMILES string of the molecule is Cc1nnc2ccc(-c3ccc(C(=O)N4CCNCC4)cc3)cn12.Cl. The smallest absolute Gasteiger partial charge is 0.253 e. The van der Waals surface area contributed by atoms with E-state index >= 15 is 0 Å². The highest BCUT2D eigenvalue weighted by molar-refractivity contribution is 5.94. The molecule has 0 saturated carbocycles. The zero-order chi connectivity index (χ0) is 16.5. The normalized spacial score (nSPS) is 14.4. The number of aryl methyl sites for hydroxylation is 1. The molecule has 1 N–H and O–H groups in total. The number of carbonyl (C=O) groups excluding carboxylic acids is 1. The van der Waals surface area contributed by atoms with Crippen molar-refractivity contribution in [2.24, 2.45) is 0 Å². The molecule has 6 nitrogen and oxygen atoms in total. The van der Waals surface area contributed by atoms with Gasteiger partial charge in [0.15, 0.2) is 5.65 Å². The van der Waals surface area contributed by atoms with Crippen molar-refractivity contribution in [2.45, 2.75) is 6.92 Å². The lowest BCUT2D eigenvalue weighted by Gasteiger charge is -2.27. The first-order valence-electron chi connectivity index (χ1n) is 8.14. The average Bonchev–Trinajstić information content (AvgIpc) is 3.02. The number of hydrogen-bond acceptors (Lipinski definition) is 4. The van der Waals surface area contributed by atoms with E-state index in [0.717, 1.165) is 54.3 Å². The summed E-state index contributed by atoms with van der Waals surface area (Å²) in [5, 5.41) is 11.4. The van der Waals surface area contributed by atoms with Crippen LogP contribution in [0, 0.1) is 6.92 Å². The molecule has 0 unspecified atom stereocenters. The summed E-state index contributed by atoms with van der Waals surface area (Å²) in [5.74, 6) is 0.963. The lowest BCUT2D eigenvalue weighted by Crippen LogP contribution is -2.46. The molecule has 25 heavy (non-hydrogen) atoms. The molecule has 3 heterocycles. The van der Waals surface area contributed by atoms with Crippen LogP contribution in [-0.4, -0.2) is 51.6 Å². The zero-order valence-electron chi connectivity index (χ0n) is 14.0. The molecule has 130 valence electrons. The molecule has 0 bridgehead atoms. The van der Waals surface area contributed by atoms with Crippen molar-refractivity contribution in [2.75, 3.05) is 26.2 Å². The Kier molecular flexibility index (Phi) is 5.01. The third kappa shape index (κ3) is 3.36. The van der Waals surface area contributed by atoms with Gasteiger partial charge in [0.2, 0.25) is 0 Å². The van der Waals surface area contributed by atoms with E-state index in [0.29, 0.717) is 0 Å². The number of amides is 1. The van der Waals surface area contributed by atoms with Gasteiger partial charge in [0.05, 0.1) is 0 Å². The molecule has 0 spiro atoms. The molecule has 1 fully saturated rings. The van der Waals surface area contributed by atoms with Crippen LogP contribution >= 0.6 is 12.4 Å². The molecule has 1 amide bonds. The Hall–Kier alpha value is -2.44. The molecule has 1 aliphatic rings. The molecule has 0 aliphatic carbocycles. The Morgan fingerprint density at radius 3 is 2.40 bits per heavy atom. The summed E-state index contributed by atoms with van der Waals surface area (Å²) in [5.41, 5.74) is 3.72. The number of benzene rings is 1. The monoisotopic (exact) mass is 357 g/mol. The highest BCUT2D eigenvalue weighted by Crippen LogP contribution is 2.21. The van der Waals surface area contributed by atoms with Crippen LogP contribution in [-0.2, 0) is 0 Å². The Morgan fingerprint density at radius 1 is 1.00 bits per heavy atom. The number of halogens is 1. The number of rotatable bonds is 2. The number of piperazine rings is 1. The van der Waals surface area contributed by atoms with Gasteiger partial charge in [0.25, 0.3) is 5.91 Å². The van der Waals surface area contributed by atoms with E-state index in [2.05, 4.69) is 15.5 Å². The van der Waals surface area contributed by atoms with Gasteiger partial charge in [-0.1, -0.05) is 12.1 Å². The lowest BCUT2D eigenvalue weighted by atomic mass is 10.0. The van der Waals surface area contributed by atoms with Gasteiger partial charge in [-0.3, -0.25) is 9.20 Å². The molecule has 1 aromatic carbocycles. The predicted molar refractivity (Wildman–Crippen MR) is 99.2 cm³/mol. The molecular formula is C18H20ClN5O. The number of carbonyl (C=O) groups is 1. The standard InChI is InChI=1S/C18H19N5O.ClH/c1-13-20-21-17-7-6-16(12-23(13)17)14-2-4-15(5-3-14)18(24)22-10-8-19-9-11-22;/h2-7,12,19H,8-11H2,1H3;1H. The summed E-state index contributed by atoms with van der Waals surface area (Å²) < 4.78 is 1.97. The molecule has 3 aromatic rings. The highest BCUT2D eigenvalue weighted by atomic mass is 35.5. The zero-order valence-corrected chi connectivity index (χ0v) is 14.8. The van der Waals surface area contributed by atoms with Gasteiger partial charge in [-0.25, -0.2) is 0 Å². The minimum Gasteiger partial charge on any atom is -0.336 e. The van der Waals surface area contributed by atoms with E-state index in [4.69, 9.17) is 0 Å². The van der Waals surface area contributed by atoms with Gasteiger partial charge in [-0.15, -0.1) is 22.6 Å². The van der Waals surface area contributed by atoms with Crippen LogP contribution in [0.1, 0.15) is 16.2 Å². The van der Waals surface area contributed by atoms with E-state index in [9.17, 15) is 4.79 Å². The van der Waals surface area contributed by atoms with Crippen LogP contribution in [0.3, 0.4) is 0 Å². The van der Waals surface area contributed by atoms with Crippen LogP contribution in [0.5, 0.6) is 0 Å². The molecule has 7 heteroatoms. The molecule has 1 saturated heterocycles. The Bertz CT molecular complexity index is 884. The summed E-state index contributed by atoms with van der Waals surface area (Å²) in [4.78, 5) is 14.4. The van der Waals surface area contributed by atoms with Gasteiger partial charge < -0.3 is 10.2 Å². The van der Waals surface area contributed by atoms with Crippen molar-refractivity contribution in [3.63, 3.8) is 0 Å². The lowest BCUT2D eigenvalue weighted by molar-refractivity contribution is 0.0736. The van der Waals surface area contributed by atoms with Gasteiger partial charge in [-0.2, -0.15) is 0 Å². The fourth-order valence-electron chi connectivity index (χ4n) is 3.03. The van der Waals surface area contributed by atoms with E-state index in [1.165, 1.54) is 0 Å². The van der Waals surface area contributed by atoms with Crippen LogP contribution in [0.2, 0.25) is 0 Å². The quantitative estimate of drug-likeness (QED) is 0.763. The summed E-state index contributed by atoms with van der Waals surface area (Å²) in [6, 6.07) is 11.8. The fourth-order valence-corrected chi connectivity index (χ4v) is 3.03. The summed E-state index contributed by atoms with van der Waals surface area (Å²) in [6.45, 7) is 5.19. The molecule has 1 aliphatic heterocycles. The topological polar surface area (TPSA) is 62.5 Å². The maximum Gasteiger partial charge on any atom is 0.253 e. The Labute approximate surface area is 152 Å². The maximum atomic E-state index is 12.5. The number of nitrogens with one attached hydrogen (secondary N) is 1. The number of hydrogen-bond donors (Lipinski definition) is 1. The first-order valence-corrected chi connectivity index (χ1v) is 8.14. The number of aromatic nitrogens is 3. The largest absolute Gasteiger partial charge is 0.336 e. The van der Waals surface area contributed by atoms with E-state index in [1.807, 2.05) is 58.8 Å². The van der Waals surface area contributed by atoms with Gasteiger partial charge >= 0.3 is 0 Å². The average molecular weight is 358 g/mol. The Balaban J connectivity index is 0.00000182. The third-order valence-corrected chi connectivity index (χ3v) is 4.44. The second-order valence-corrected chi connectivity index (χ2v) is 6.01. The van der Waals surface area contributed by atoms with Crippen molar-refractivity contribution in [1.82, 2.24) is 24.8 Å². The van der Waals surface area contributed by atoms with Crippen LogP contribution in [0.4, 0.5) is 0 Å². The number of fused-ring (bicyclic) bond motifs is 1. The van der Waals surface area contributed by atoms with Crippen LogP contribution < -0.4 is 5.32 Å². The molecule has 4 rings (SSSR count). The number of nitrogens with zero attached hydrogens (tertiary/aromatic N) is 4.